The van der Waals surface area contributed by atoms with Gasteiger partial charge in [-0.05, 0) is 76.4 Å². The molecule has 4 bridgehead atoms. The first-order chi connectivity index (χ1) is 26.8. The molecule has 0 spiro atoms. The van der Waals surface area contributed by atoms with Crippen LogP contribution in [0.1, 0.15) is 110 Å². The predicted octanol–water partition coefficient (Wildman–Crippen LogP) is 4.01. The Balaban J connectivity index is 0.754. The summed E-state index contributed by atoms with van der Waals surface area (Å²) in [5.41, 5.74) is 2.11. The van der Waals surface area contributed by atoms with E-state index in [1.54, 1.807) is 0 Å². The van der Waals surface area contributed by atoms with E-state index in [0.29, 0.717) is 64.4 Å². The van der Waals surface area contributed by atoms with E-state index in [1.807, 2.05) is 13.8 Å². The van der Waals surface area contributed by atoms with Crippen molar-refractivity contribution in [2.75, 3.05) is 6.61 Å². The normalized spacial score (nSPS) is 49.8. The van der Waals surface area contributed by atoms with Gasteiger partial charge in [-0.2, -0.15) is 0 Å². The Labute approximate surface area is 329 Å². The minimum absolute atomic E-state index is 0.0390. The number of carboxylic acids is 1. The first-order valence-corrected chi connectivity index (χ1v) is 21.3. The molecule has 56 heavy (non-hydrogen) atoms. The smallest absolute Gasteiger partial charge is 0.305 e. The first-order valence-electron chi connectivity index (χ1n) is 21.3. The molecule has 9 saturated heterocycles. The van der Waals surface area contributed by atoms with Crippen LogP contribution in [0, 0.1) is 0 Å². The van der Waals surface area contributed by atoms with E-state index in [-0.39, 0.29) is 91.9 Å². The molecule has 314 valence electrons. The van der Waals surface area contributed by atoms with Crippen molar-refractivity contribution in [3.05, 3.63) is 24.3 Å². The van der Waals surface area contributed by atoms with Crippen molar-refractivity contribution < 1.29 is 67.5 Å². The van der Waals surface area contributed by atoms with Crippen molar-refractivity contribution in [2.45, 2.75) is 226 Å². The van der Waals surface area contributed by atoms with Gasteiger partial charge in [0.25, 0.3) is 0 Å². The second-order valence-electron chi connectivity index (χ2n) is 18.5. The van der Waals surface area contributed by atoms with Gasteiger partial charge < -0.3 is 62.7 Å². The lowest BCUT2D eigenvalue weighted by Crippen LogP contribution is -2.61. The fourth-order valence-electron chi connectivity index (χ4n) is 11.0. The highest BCUT2D eigenvalue weighted by Crippen LogP contribution is 2.49. The maximum atomic E-state index is 11.4. The van der Waals surface area contributed by atoms with Gasteiger partial charge in [0.05, 0.1) is 98.5 Å². The Morgan fingerprint density at radius 1 is 0.696 bits per heavy atom. The Hall–Kier alpha value is -1.53. The fourth-order valence-corrected chi connectivity index (χ4v) is 11.0. The molecule has 0 saturated carbocycles. The molecule has 0 amide bonds. The van der Waals surface area contributed by atoms with E-state index in [9.17, 15) is 20.1 Å². The topological polar surface area (TPSA) is 170 Å². The molecular weight excluding hydrogens is 728 g/mol. The summed E-state index contributed by atoms with van der Waals surface area (Å²) >= 11 is 0. The molecule has 9 fully saturated rings. The number of ether oxygens (including phenoxy) is 10. The van der Waals surface area contributed by atoms with Crippen molar-refractivity contribution in [1.82, 2.24) is 0 Å². The van der Waals surface area contributed by atoms with Crippen LogP contribution < -0.4 is 0 Å². The Morgan fingerprint density at radius 3 is 2.32 bits per heavy atom. The largest absolute Gasteiger partial charge is 0.481 e. The number of fused-ring (bicyclic) bond motifs is 9. The molecule has 9 aliphatic rings. The fraction of sp³-hybridized carbons (Fsp3) is 0.881. The molecule has 9 aliphatic heterocycles. The number of aliphatic hydroxyl groups excluding tert-OH is 2. The second-order valence-corrected chi connectivity index (χ2v) is 18.5. The Morgan fingerprint density at radius 2 is 1.48 bits per heavy atom. The monoisotopic (exact) mass is 790 g/mol. The van der Waals surface area contributed by atoms with Crippen LogP contribution in [0.15, 0.2) is 24.3 Å². The molecule has 0 aromatic rings. The molecule has 18 atom stereocenters. The number of aliphatic hydroxyl groups is 2. The zero-order chi connectivity index (χ0) is 38.9. The third-order valence-corrected chi connectivity index (χ3v) is 13.9. The molecular formula is C42H62O14. The third kappa shape index (κ3) is 8.29. The standard InChI is InChI=1S/C42H62O14/c1-21-5-6-23(48-30(21)16-31-26(43)15-32-33(52-31)17-34-37(53-32)20-47-41(3,4)54-34)7-9-28-22(2)13-25(49-28)11-12-42-19-27(44)39(56-42)35-18-36(55-42)40-29(51-35)10-8-24(50-40)14-38(45)46/h23-37,39-40,43-44H,1-2,5-20H2,3-4H3,(H,45,46)/t23?,24?,25?,26?,27?,28-,29-,30?,31-,32?,33?,34?,35?,36+,37?,39?,40?,42?/m0/s1. The van der Waals surface area contributed by atoms with E-state index in [1.165, 1.54) is 0 Å². The van der Waals surface area contributed by atoms with E-state index >= 15 is 0 Å². The van der Waals surface area contributed by atoms with Gasteiger partial charge in [0.15, 0.2) is 11.6 Å². The van der Waals surface area contributed by atoms with Crippen LogP contribution in [-0.2, 0) is 52.2 Å². The van der Waals surface area contributed by atoms with Crippen LogP contribution >= 0.6 is 0 Å². The summed E-state index contributed by atoms with van der Waals surface area (Å²) in [6.07, 6.45) is 4.59. The molecule has 0 aliphatic carbocycles. The van der Waals surface area contributed by atoms with Gasteiger partial charge in [0, 0.05) is 38.5 Å². The molecule has 14 nitrogen and oxygen atoms in total. The lowest BCUT2D eigenvalue weighted by atomic mass is 9.86. The zero-order valence-corrected chi connectivity index (χ0v) is 32.9. The van der Waals surface area contributed by atoms with Gasteiger partial charge in [-0.15, -0.1) is 0 Å². The Bertz CT molecular complexity index is 1470. The number of rotatable bonds is 10. The van der Waals surface area contributed by atoms with E-state index < -0.39 is 35.9 Å². The third-order valence-electron chi connectivity index (χ3n) is 13.9. The van der Waals surface area contributed by atoms with Gasteiger partial charge >= 0.3 is 5.97 Å². The average molecular weight is 791 g/mol. The van der Waals surface area contributed by atoms with Crippen LogP contribution in [0.5, 0.6) is 0 Å². The average Bonchev–Trinajstić information content (AvgIpc) is 3.63. The lowest BCUT2D eigenvalue weighted by molar-refractivity contribution is -0.349. The summed E-state index contributed by atoms with van der Waals surface area (Å²) in [5, 5.41) is 31.6. The van der Waals surface area contributed by atoms with Crippen molar-refractivity contribution in [2.24, 2.45) is 0 Å². The number of carbonyl (C=O) groups is 1. The number of aliphatic carboxylic acids is 1. The number of hydrogen-bond acceptors (Lipinski definition) is 13. The van der Waals surface area contributed by atoms with Gasteiger partial charge in [0.1, 0.15) is 18.3 Å². The molecule has 0 aromatic carbocycles. The SMILES string of the molecule is C=C1CCC(CC[C@@H]2OC(CCC34CC(O)C(O3)C3C[C@@H](O4)C4OC(CC(=O)O)CC[C@@H]4O3)CC2=C)OC1C[C@@H]1OC2CC3OC(C)(C)OCC3OC2CC1O. The van der Waals surface area contributed by atoms with Gasteiger partial charge in [-0.25, -0.2) is 0 Å². The summed E-state index contributed by atoms with van der Waals surface area (Å²) < 4.78 is 64.0. The molecule has 14 heteroatoms. The maximum absolute atomic E-state index is 11.4. The van der Waals surface area contributed by atoms with Gasteiger partial charge in [0.2, 0.25) is 0 Å². The summed E-state index contributed by atoms with van der Waals surface area (Å²) in [5.74, 6) is -2.52. The Kier molecular flexibility index (Phi) is 11.3. The number of carboxylic acid groups (broad SMARTS) is 1. The van der Waals surface area contributed by atoms with Crippen LogP contribution in [-0.4, -0.2) is 143 Å². The molecule has 0 radical (unpaired) electrons. The van der Waals surface area contributed by atoms with Crippen LogP contribution in [0.3, 0.4) is 0 Å². The minimum atomic E-state index is -0.987. The van der Waals surface area contributed by atoms with Gasteiger partial charge in [-0.3, -0.25) is 4.79 Å². The van der Waals surface area contributed by atoms with Crippen molar-refractivity contribution in [1.29, 1.82) is 0 Å². The molecule has 0 aromatic heterocycles. The summed E-state index contributed by atoms with van der Waals surface area (Å²) in [6, 6.07) is 0. The van der Waals surface area contributed by atoms with Gasteiger partial charge in [-0.1, -0.05) is 13.2 Å². The van der Waals surface area contributed by atoms with Crippen LogP contribution in [0.4, 0.5) is 0 Å². The van der Waals surface area contributed by atoms with E-state index in [2.05, 4.69) is 13.2 Å². The zero-order valence-electron chi connectivity index (χ0n) is 32.9. The van der Waals surface area contributed by atoms with Crippen molar-refractivity contribution >= 4 is 5.97 Å². The van der Waals surface area contributed by atoms with Crippen LogP contribution in [0.25, 0.3) is 0 Å². The summed E-state index contributed by atoms with van der Waals surface area (Å²) in [4.78, 5) is 11.4. The van der Waals surface area contributed by atoms with Crippen molar-refractivity contribution in [3.63, 3.8) is 0 Å². The number of hydrogen-bond donors (Lipinski definition) is 3. The molecule has 9 rings (SSSR count). The van der Waals surface area contributed by atoms with E-state index in [4.69, 9.17) is 47.4 Å². The maximum Gasteiger partial charge on any atom is 0.305 e. The summed E-state index contributed by atoms with van der Waals surface area (Å²) in [6.45, 7) is 13.0. The lowest BCUT2D eigenvalue weighted by Gasteiger charge is -2.51. The quantitative estimate of drug-likeness (QED) is 0.272. The predicted molar refractivity (Wildman–Crippen MR) is 197 cm³/mol. The first kappa shape index (κ1) is 39.9. The highest BCUT2D eigenvalue weighted by Gasteiger charge is 2.59. The second kappa shape index (κ2) is 15.8. The highest BCUT2D eigenvalue weighted by atomic mass is 16.7. The van der Waals surface area contributed by atoms with Crippen molar-refractivity contribution in [3.8, 4) is 0 Å². The molecule has 3 N–H and O–H groups in total. The summed E-state index contributed by atoms with van der Waals surface area (Å²) in [7, 11) is 0. The minimum Gasteiger partial charge on any atom is -0.481 e. The van der Waals surface area contributed by atoms with E-state index in [0.717, 1.165) is 43.3 Å². The van der Waals surface area contributed by atoms with Crippen LogP contribution in [0.2, 0.25) is 0 Å². The highest BCUT2D eigenvalue weighted by molar-refractivity contribution is 5.67. The molecule has 14 unspecified atom stereocenters. The molecule has 9 heterocycles.